The fourth-order valence-electron chi connectivity index (χ4n) is 1.66. The maximum Gasteiger partial charge on any atom is 0.120 e. The molecule has 1 aromatic carbocycles. The van der Waals surface area contributed by atoms with Crippen molar-refractivity contribution in [1.82, 2.24) is 5.32 Å². The minimum atomic E-state index is 0.144. The quantitative estimate of drug-likeness (QED) is 0.683. The molecule has 0 fully saturated rings. The first-order valence-corrected chi connectivity index (χ1v) is 6.34. The zero-order valence-corrected chi connectivity index (χ0v) is 10.8. The zero-order chi connectivity index (χ0) is 12.5. The van der Waals surface area contributed by atoms with Crippen LogP contribution >= 0.6 is 0 Å². The van der Waals surface area contributed by atoms with Crippen molar-refractivity contribution < 1.29 is 9.84 Å². The van der Waals surface area contributed by atoms with Gasteiger partial charge < -0.3 is 15.2 Å². The Balaban J connectivity index is 2.21. The Labute approximate surface area is 104 Å². The third kappa shape index (κ3) is 5.20. The molecular formula is C14H23NO2. The number of phenolic OH excluding ortho intramolecular Hbond substituents is 1. The second kappa shape index (κ2) is 8.09. The van der Waals surface area contributed by atoms with E-state index < -0.39 is 0 Å². The molecule has 0 spiro atoms. The van der Waals surface area contributed by atoms with E-state index in [1.165, 1.54) is 6.42 Å². The number of nitrogens with one attached hydrogen (secondary N) is 1. The second-order valence-electron chi connectivity index (χ2n) is 4.20. The van der Waals surface area contributed by atoms with Gasteiger partial charge in [-0.15, -0.1) is 0 Å². The van der Waals surface area contributed by atoms with Gasteiger partial charge >= 0.3 is 0 Å². The van der Waals surface area contributed by atoms with Crippen molar-refractivity contribution in [2.24, 2.45) is 0 Å². The molecule has 0 amide bonds. The Hall–Kier alpha value is -1.06. The summed E-state index contributed by atoms with van der Waals surface area (Å²) >= 11 is 0. The minimum absolute atomic E-state index is 0.144. The molecule has 0 aliphatic heterocycles. The molecule has 1 atom stereocenters. The number of benzene rings is 1. The van der Waals surface area contributed by atoms with Crippen LogP contribution in [0.15, 0.2) is 24.3 Å². The summed E-state index contributed by atoms with van der Waals surface area (Å²) in [6, 6.07) is 7.56. The van der Waals surface area contributed by atoms with E-state index in [1.54, 1.807) is 6.07 Å². The average Bonchev–Trinajstić information content (AvgIpc) is 2.34. The SMILES string of the molecule is CCCCOCCNC(C)c1ccccc1O. The average molecular weight is 237 g/mol. The van der Waals surface area contributed by atoms with E-state index in [0.717, 1.165) is 31.7 Å². The molecule has 0 radical (unpaired) electrons. The first-order chi connectivity index (χ1) is 8.25. The number of para-hydroxylation sites is 1. The van der Waals surface area contributed by atoms with Gasteiger partial charge in [0.2, 0.25) is 0 Å². The van der Waals surface area contributed by atoms with Crippen molar-refractivity contribution in [1.29, 1.82) is 0 Å². The van der Waals surface area contributed by atoms with E-state index in [-0.39, 0.29) is 6.04 Å². The standard InChI is InChI=1S/C14H23NO2/c1-3-4-10-17-11-9-15-12(2)13-7-5-6-8-14(13)16/h5-8,12,15-16H,3-4,9-11H2,1-2H3. The number of aromatic hydroxyl groups is 1. The molecule has 3 heteroatoms. The van der Waals surface area contributed by atoms with Gasteiger partial charge in [-0.3, -0.25) is 0 Å². The molecule has 0 aliphatic carbocycles. The summed E-state index contributed by atoms with van der Waals surface area (Å²) in [5, 5.41) is 13.0. The zero-order valence-electron chi connectivity index (χ0n) is 10.8. The highest BCUT2D eigenvalue weighted by atomic mass is 16.5. The molecule has 2 N–H and O–H groups in total. The van der Waals surface area contributed by atoms with Crippen LogP contribution in [0.1, 0.15) is 38.3 Å². The van der Waals surface area contributed by atoms with E-state index in [4.69, 9.17) is 4.74 Å². The highest BCUT2D eigenvalue weighted by molar-refractivity contribution is 5.33. The highest BCUT2D eigenvalue weighted by Crippen LogP contribution is 2.22. The van der Waals surface area contributed by atoms with Gasteiger partial charge in [0.1, 0.15) is 5.75 Å². The lowest BCUT2D eigenvalue weighted by atomic mass is 10.1. The van der Waals surface area contributed by atoms with Crippen LogP contribution in [0.25, 0.3) is 0 Å². The van der Waals surface area contributed by atoms with E-state index in [9.17, 15) is 5.11 Å². The Bertz CT molecular complexity index is 315. The van der Waals surface area contributed by atoms with Gasteiger partial charge in [-0.25, -0.2) is 0 Å². The Morgan fingerprint density at radius 1 is 1.29 bits per heavy atom. The smallest absolute Gasteiger partial charge is 0.120 e. The van der Waals surface area contributed by atoms with E-state index >= 15 is 0 Å². The molecule has 0 aliphatic rings. The number of hydrogen-bond donors (Lipinski definition) is 2. The molecule has 1 aromatic rings. The normalized spacial score (nSPS) is 12.6. The van der Waals surface area contributed by atoms with E-state index in [2.05, 4.69) is 12.2 Å². The van der Waals surface area contributed by atoms with Gasteiger partial charge in [0.05, 0.1) is 6.61 Å². The van der Waals surface area contributed by atoms with Gasteiger partial charge in [-0.05, 0) is 19.4 Å². The molecule has 1 unspecified atom stereocenters. The van der Waals surface area contributed by atoms with Crippen molar-refractivity contribution in [2.45, 2.75) is 32.7 Å². The number of hydrogen-bond acceptors (Lipinski definition) is 3. The largest absolute Gasteiger partial charge is 0.508 e. The lowest BCUT2D eigenvalue weighted by molar-refractivity contribution is 0.131. The first-order valence-electron chi connectivity index (χ1n) is 6.34. The lowest BCUT2D eigenvalue weighted by Gasteiger charge is -2.15. The van der Waals surface area contributed by atoms with Crippen LogP contribution in [0.2, 0.25) is 0 Å². The molecule has 0 bridgehead atoms. The summed E-state index contributed by atoms with van der Waals surface area (Å²) in [6.45, 7) is 6.56. The molecule has 0 heterocycles. The number of unbranched alkanes of at least 4 members (excludes halogenated alkanes) is 1. The molecule has 0 saturated heterocycles. The van der Waals surface area contributed by atoms with Crippen LogP contribution < -0.4 is 5.32 Å². The van der Waals surface area contributed by atoms with Gasteiger partial charge in [-0.1, -0.05) is 31.5 Å². The van der Waals surface area contributed by atoms with Crippen molar-refractivity contribution in [3.63, 3.8) is 0 Å². The van der Waals surface area contributed by atoms with Gasteiger partial charge in [0.25, 0.3) is 0 Å². The summed E-state index contributed by atoms with van der Waals surface area (Å²) in [7, 11) is 0. The van der Waals surface area contributed by atoms with Crippen molar-refractivity contribution in [3.05, 3.63) is 29.8 Å². The summed E-state index contributed by atoms with van der Waals surface area (Å²) in [4.78, 5) is 0. The van der Waals surface area contributed by atoms with Gasteiger partial charge in [-0.2, -0.15) is 0 Å². The summed E-state index contributed by atoms with van der Waals surface area (Å²) < 4.78 is 5.47. The predicted octanol–water partition coefficient (Wildman–Crippen LogP) is 2.86. The molecule has 0 saturated carbocycles. The number of ether oxygens (including phenoxy) is 1. The van der Waals surface area contributed by atoms with Crippen LogP contribution in [0.4, 0.5) is 0 Å². The molecule has 0 aromatic heterocycles. The van der Waals surface area contributed by atoms with Crippen molar-refractivity contribution in [3.8, 4) is 5.75 Å². The Morgan fingerprint density at radius 2 is 2.06 bits per heavy atom. The molecule has 1 rings (SSSR count). The maximum absolute atomic E-state index is 9.68. The predicted molar refractivity (Wildman–Crippen MR) is 70.3 cm³/mol. The topological polar surface area (TPSA) is 41.5 Å². The highest BCUT2D eigenvalue weighted by Gasteiger charge is 2.07. The van der Waals surface area contributed by atoms with Crippen LogP contribution in [0, 0.1) is 0 Å². The first kappa shape index (κ1) is 14.0. The van der Waals surface area contributed by atoms with E-state index in [0.29, 0.717) is 5.75 Å². The van der Waals surface area contributed by atoms with Gasteiger partial charge in [0.15, 0.2) is 0 Å². The summed E-state index contributed by atoms with van der Waals surface area (Å²) in [6.07, 6.45) is 2.29. The van der Waals surface area contributed by atoms with Crippen LogP contribution in [0.3, 0.4) is 0 Å². The minimum Gasteiger partial charge on any atom is -0.508 e. The third-order valence-corrected chi connectivity index (χ3v) is 2.74. The van der Waals surface area contributed by atoms with Crippen LogP contribution in [-0.4, -0.2) is 24.9 Å². The fraction of sp³-hybridized carbons (Fsp3) is 0.571. The van der Waals surface area contributed by atoms with E-state index in [1.807, 2.05) is 25.1 Å². The summed E-state index contributed by atoms with van der Waals surface area (Å²) in [5.41, 5.74) is 0.932. The molecule has 96 valence electrons. The second-order valence-corrected chi connectivity index (χ2v) is 4.20. The van der Waals surface area contributed by atoms with Crippen LogP contribution in [0.5, 0.6) is 5.75 Å². The Morgan fingerprint density at radius 3 is 2.76 bits per heavy atom. The molecular weight excluding hydrogens is 214 g/mol. The number of rotatable bonds is 8. The monoisotopic (exact) mass is 237 g/mol. The Kier molecular flexibility index (Phi) is 6.67. The lowest BCUT2D eigenvalue weighted by Crippen LogP contribution is -2.23. The van der Waals surface area contributed by atoms with Crippen molar-refractivity contribution >= 4 is 0 Å². The fourth-order valence-corrected chi connectivity index (χ4v) is 1.66. The maximum atomic E-state index is 9.68. The molecule has 3 nitrogen and oxygen atoms in total. The van der Waals surface area contributed by atoms with Crippen molar-refractivity contribution in [2.75, 3.05) is 19.8 Å². The number of phenols is 1. The van der Waals surface area contributed by atoms with Gasteiger partial charge in [0, 0.05) is 24.8 Å². The summed E-state index contributed by atoms with van der Waals surface area (Å²) in [5.74, 6) is 0.347. The third-order valence-electron chi connectivity index (χ3n) is 2.74. The molecule has 17 heavy (non-hydrogen) atoms. The van der Waals surface area contributed by atoms with Crippen LogP contribution in [-0.2, 0) is 4.74 Å².